The van der Waals surface area contributed by atoms with Gasteiger partial charge >= 0.3 is 7.82 Å². The van der Waals surface area contributed by atoms with E-state index in [0.717, 1.165) is 5.56 Å². The van der Waals surface area contributed by atoms with Gasteiger partial charge in [0.1, 0.15) is 24.1 Å². The monoisotopic (exact) mass is 641 g/mol. The van der Waals surface area contributed by atoms with E-state index in [1.54, 1.807) is 71.9 Å². The third kappa shape index (κ3) is 8.45. The van der Waals surface area contributed by atoms with E-state index in [9.17, 15) is 9.83 Å². The Morgan fingerprint density at radius 2 is 1.70 bits per heavy atom. The fourth-order valence-corrected chi connectivity index (χ4v) is 7.17. The van der Waals surface area contributed by atoms with Crippen LogP contribution in [0.3, 0.4) is 0 Å². The first-order valence-corrected chi connectivity index (χ1v) is 16.3. The van der Waals surface area contributed by atoms with Crippen LogP contribution in [0, 0.1) is 17.1 Å². The molecule has 4 rings (SSSR count). The Morgan fingerprint density at radius 1 is 1.05 bits per heavy atom. The number of rotatable bonds is 12. The summed E-state index contributed by atoms with van der Waals surface area (Å²) >= 11 is 1.39. The highest BCUT2D eigenvalue weighted by Gasteiger charge is 2.46. The molecule has 0 aliphatic rings. The van der Waals surface area contributed by atoms with Crippen LogP contribution in [0.4, 0.5) is 4.39 Å². The van der Waals surface area contributed by atoms with Gasteiger partial charge in [-0.2, -0.15) is 10.4 Å². The van der Waals surface area contributed by atoms with Crippen molar-refractivity contribution in [2.45, 2.75) is 77.7 Å². The molecular formula is C31H37FN5O5PS. The van der Waals surface area contributed by atoms with Crippen LogP contribution in [0.1, 0.15) is 70.5 Å². The number of phosphoric ester groups is 1. The number of nitrogens with zero attached hydrogens (tertiary/aromatic N) is 5. The van der Waals surface area contributed by atoms with E-state index in [1.165, 1.54) is 34.7 Å². The molecule has 2 aromatic carbocycles. The maximum absolute atomic E-state index is 15.7. The second-order valence-electron chi connectivity index (χ2n) is 12.2. The first kappa shape index (κ1) is 33.6. The summed E-state index contributed by atoms with van der Waals surface area (Å²) in [7, 11) is -4.16. The van der Waals surface area contributed by atoms with Crippen molar-refractivity contribution in [3.8, 4) is 17.3 Å². The first-order valence-electron chi connectivity index (χ1n) is 14.0. The van der Waals surface area contributed by atoms with Crippen molar-refractivity contribution < 1.29 is 27.3 Å². The predicted octanol–water partition coefficient (Wildman–Crippen LogP) is 7.84. The van der Waals surface area contributed by atoms with Crippen LogP contribution in [0.15, 0.2) is 66.6 Å². The molecular weight excluding hydrogens is 604 g/mol. The molecule has 0 unspecified atom stereocenters. The van der Waals surface area contributed by atoms with Crippen LogP contribution < -0.4 is 0 Å². The van der Waals surface area contributed by atoms with E-state index in [1.807, 2.05) is 24.4 Å². The summed E-state index contributed by atoms with van der Waals surface area (Å²) in [5, 5.41) is 16.0. The molecule has 0 aliphatic heterocycles. The molecule has 2 aromatic heterocycles. The van der Waals surface area contributed by atoms with Crippen molar-refractivity contribution in [3.05, 3.63) is 88.5 Å². The molecule has 44 heavy (non-hydrogen) atoms. The van der Waals surface area contributed by atoms with Crippen LogP contribution in [0.25, 0.3) is 11.3 Å². The Kier molecular flexibility index (Phi) is 10.2. The molecule has 13 heteroatoms. The number of thiazole rings is 1. The average molecular weight is 642 g/mol. The van der Waals surface area contributed by atoms with Crippen LogP contribution >= 0.6 is 19.2 Å². The Hall–Kier alpha value is -3.30. The minimum Gasteiger partial charge on any atom is -0.341 e. The Balaban J connectivity index is 1.76. The van der Waals surface area contributed by atoms with Gasteiger partial charge in [0.15, 0.2) is 6.79 Å². The molecule has 4 aromatic rings. The van der Waals surface area contributed by atoms with Gasteiger partial charge in [-0.05, 0) is 59.7 Å². The maximum Gasteiger partial charge on any atom is 0.477 e. The molecule has 0 aliphatic carbocycles. The summed E-state index contributed by atoms with van der Waals surface area (Å²) < 4.78 is 54.9. The van der Waals surface area contributed by atoms with E-state index in [0.29, 0.717) is 16.3 Å². The van der Waals surface area contributed by atoms with Gasteiger partial charge in [-0.1, -0.05) is 37.3 Å². The summed E-state index contributed by atoms with van der Waals surface area (Å²) in [6, 6.07) is 15.5. The predicted molar refractivity (Wildman–Crippen MR) is 165 cm³/mol. The zero-order valence-electron chi connectivity index (χ0n) is 25.9. The van der Waals surface area contributed by atoms with Gasteiger partial charge in [-0.15, -0.1) is 11.3 Å². The highest BCUT2D eigenvalue weighted by atomic mass is 32.1. The standard InChI is InChI=1S/C31H37FN5O5PS/c1-22(28-36-27(17-44-28)24-14-12-23(16-33)13-15-24)31(18-37-20-34-19-35-37,25-10-8-9-11-26(25)32)39-21-40-43(38,41-29(2,3)4)42-30(5,6)7/h8-15,17,19-20,22H,18,21H2,1-7H3/t22-,31+/m0/s1. The third-order valence-corrected chi connectivity index (χ3v) is 9.39. The normalized spacial score (nSPS) is 14.6. The second kappa shape index (κ2) is 13.4. The Bertz CT molecular complexity index is 1610. The SMILES string of the molecule is C[C@@H](c1nc(-c2ccc(C#N)cc2)cs1)[C@@](Cn1cncn1)(OCOP(=O)(OC(C)(C)C)OC(C)(C)C)c1ccccc1F. The van der Waals surface area contributed by atoms with Gasteiger partial charge in [0, 0.05) is 22.4 Å². The lowest BCUT2D eigenvalue weighted by molar-refractivity contribution is -0.148. The molecule has 2 heterocycles. The van der Waals surface area contributed by atoms with Crippen molar-refractivity contribution >= 4 is 19.2 Å². The maximum atomic E-state index is 15.7. The average Bonchev–Trinajstić information content (AvgIpc) is 3.63. The van der Waals surface area contributed by atoms with Crippen molar-refractivity contribution in [3.63, 3.8) is 0 Å². The highest BCUT2D eigenvalue weighted by molar-refractivity contribution is 7.48. The number of benzene rings is 2. The van der Waals surface area contributed by atoms with Gasteiger partial charge < -0.3 is 4.74 Å². The summed E-state index contributed by atoms with van der Waals surface area (Å²) in [6.45, 7) is 11.8. The molecule has 234 valence electrons. The van der Waals surface area contributed by atoms with Gasteiger partial charge in [-0.25, -0.2) is 23.6 Å². The second-order valence-corrected chi connectivity index (χ2v) is 14.6. The van der Waals surface area contributed by atoms with Crippen LogP contribution in [-0.4, -0.2) is 37.7 Å². The van der Waals surface area contributed by atoms with Gasteiger partial charge in [0.2, 0.25) is 0 Å². The van der Waals surface area contributed by atoms with Crippen LogP contribution in [0.2, 0.25) is 0 Å². The van der Waals surface area contributed by atoms with E-state index < -0.39 is 43.2 Å². The fourth-order valence-electron chi connectivity index (χ4n) is 4.54. The minimum atomic E-state index is -4.16. The van der Waals surface area contributed by atoms with Crippen LogP contribution in [-0.2, 0) is 35.0 Å². The third-order valence-electron chi connectivity index (χ3n) is 6.39. The van der Waals surface area contributed by atoms with E-state index >= 15 is 4.39 Å². The summed E-state index contributed by atoms with van der Waals surface area (Å²) in [4.78, 5) is 8.95. The first-order chi connectivity index (χ1) is 20.6. The minimum absolute atomic E-state index is 0.0226. The van der Waals surface area contributed by atoms with Gasteiger partial charge in [0.05, 0.1) is 40.1 Å². The van der Waals surface area contributed by atoms with Gasteiger partial charge in [0.25, 0.3) is 0 Å². The summed E-state index contributed by atoms with van der Waals surface area (Å²) in [6.07, 6.45) is 2.88. The number of hydrogen-bond acceptors (Lipinski definition) is 10. The molecule has 0 saturated carbocycles. The molecule has 0 amide bonds. The molecule has 0 radical (unpaired) electrons. The molecule has 10 nitrogen and oxygen atoms in total. The summed E-state index contributed by atoms with van der Waals surface area (Å²) in [5.74, 6) is -1.08. The Morgan fingerprint density at radius 3 is 2.27 bits per heavy atom. The lowest BCUT2D eigenvalue weighted by atomic mass is 9.81. The lowest BCUT2D eigenvalue weighted by Gasteiger charge is -2.39. The number of phosphoric acid groups is 1. The van der Waals surface area contributed by atoms with E-state index in [-0.39, 0.29) is 12.1 Å². The fraction of sp³-hybridized carbons (Fsp3) is 0.419. The highest BCUT2D eigenvalue weighted by Crippen LogP contribution is 2.56. The Labute approximate surface area is 261 Å². The number of ether oxygens (including phenoxy) is 1. The van der Waals surface area contributed by atoms with E-state index in [4.69, 9.17) is 23.3 Å². The van der Waals surface area contributed by atoms with E-state index in [2.05, 4.69) is 16.2 Å². The molecule has 2 atom stereocenters. The van der Waals surface area contributed by atoms with Crippen molar-refractivity contribution in [2.75, 3.05) is 6.79 Å². The molecule has 0 saturated heterocycles. The zero-order valence-corrected chi connectivity index (χ0v) is 27.6. The van der Waals surface area contributed by atoms with Crippen molar-refractivity contribution in [2.24, 2.45) is 0 Å². The van der Waals surface area contributed by atoms with Gasteiger partial charge in [-0.3, -0.25) is 13.6 Å². The molecule has 0 N–H and O–H groups in total. The smallest absolute Gasteiger partial charge is 0.341 e. The quantitative estimate of drug-likeness (QED) is 0.112. The number of hydrogen-bond donors (Lipinski definition) is 0. The topological polar surface area (TPSA) is 121 Å². The molecule has 0 bridgehead atoms. The molecule has 0 spiro atoms. The summed E-state index contributed by atoms with van der Waals surface area (Å²) in [5.41, 5.74) is -0.892. The molecule has 0 fully saturated rings. The lowest BCUT2D eigenvalue weighted by Crippen LogP contribution is -2.41. The van der Waals surface area contributed by atoms with Crippen molar-refractivity contribution in [1.29, 1.82) is 5.26 Å². The number of nitriles is 1. The van der Waals surface area contributed by atoms with Crippen molar-refractivity contribution in [1.82, 2.24) is 19.7 Å². The zero-order chi connectivity index (χ0) is 32.2. The number of aromatic nitrogens is 4. The number of halogens is 1. The largest absolute Gasteiger partial charge is 0.477 e. The van der Waals surface area contributed by atoms with Crippen LogP contribution in [0.5, 0.6) is 0 Å².